The molecule has 0 fully saturated rings. The number of carbonyl (C=O) groups excluding carboxylic acids is 1. The summed E-state index contributed by atoms with van der Waals surface area (Å²) in [6.07, 6.45) is 1.68. The van der Waals surface area contributed by atoms with Crippen LogP contribution in [0.15, 0.2) is 35.0 Å². The van der Waals surface area contributed by atoms with Crippen LogP contribution in [-0.2, 0) is 4.79 Å². The lowest BCUT2D eigenvalue weighted by Gasteiger charge is -2.15. The highest BCUT2D eigenvalue weighted by atomic mass is 16.5. The summed E-state index contributed by atoms with van der Waals surface area (Å²) in [6, 6.07) is 7.35. The van der Waals surface area contributed by atoms with Crippen LogP contribution >= 0.6 is 0 Å². The van der Waals surface area contributed by atoms with Gasteiger partial charge < -0.3 is 4.74 Å². The van der Waals surface area contributed by atoms with Crippen molar-refractivity contribution in [1.29, 1.82) is 0 Å². The van der Waals surface area contributed by atoms with E-state index < -0.39 is 5.91 Å². The molecule has 1 aromatic rings. The highest BCUT2D eigenvalue weighted by Gasteiger charge is 2.15. The number of azide groups is 1. The summed E-state index contributed by atoms with van der Waals surface area (Å²) in [5.74, 6) is 0.141. The Hall–Kier alpha value is -2.26. The minimum atomic E-state index is -0.591. The maximum Gasteiger partial charge on any atom is 0.248 e. The third kappa shape index (κ3) is 1.82. The van der Waals surface area contributed by atoms with Crippen LogP contribution in [0.3, 0.4) is 0 Å². The molecular weight excluding hydrogens is 194 g/mol. The number of hydrogen-bond donors (Lipinski definition) is 0. The van der Waals surface area contributed by atoms with Crippen molar-refractivity contribution < 1.29 is 9.53 Å². The van der Waals surface area contributed by atoms with Crippen LogP contribution in [0.4, 0.5) is 0 Å². The number of ether oxygens (including phenoxy) is 1. The fourth-order valence-corrected chi connectivity index (χ4v) is 1.34. The molecule has 0 N–H and O–H groups in total. The van der Waals surface area contributed by atoms with Crippen molar-refractivity contribution in [3.05, 3.63) is 45.8 Å². The Morgan fingerprint density at radius 3 is 3.07 bits per heavy atom. The van der Waals surface area contributed by atoms with Crippen LogP contribution in [0.5, 0.6) is 5.75 Å². The summed E-state index contributed by atoms with van der Waals surface area (Å²) < 4.78 is 5.33. The van der Waals surface area contributed by atoms with E-state index in [1.807, 2.05) is 24.3 Å². The Kier molecular flexibility index (Phi) is 2.39. The minimum Gasteiger partial charge on any atom is -0.488 e. The van der Waals surface area contributed by atoms with E-state index in [2.05, 4.69) is 10.0 Å². The summed E-state index contributed by atoms with van der Waals surface area (Å²) in [5, 5.41) is 3.01. The summed E-state index contributed by atoms with van der Waals surface area (Å²) >= 11 is 0. The van der Waals surface area contributed by atoms with Gasteiger partial charge in [0.1, 0.15) is 12.4 Å². The normalized spacial score (nSPS) is 12.9. The van der Waals surface area contributed by atoms with Gasteiger partial charge in [-0.05, 0) is 22.8 Å². The van der Waals surface area contributed by atoms with Crippen molar-refractivity contribution in [3.63, 3.8) is 0 Å². The molecule has 5 nitrogen and oxygen atoms in total. The van der Waals surface area contributed by atoms with Crippen LogP contribution in [0.25, 0.3) is 16.5 Å². The predicted molar refractivity (Wildman–Crippen MR) is 54.1 cm³/mol. The van der Waals surface area contributed by atoms with Crippen molar-refractivity contribution in [2.45, 2.75) is 0 Å². The molecule has 1 heterocycles. The second-order valence-corrected chi connectivity index (χ2v) is 2.99. The lowest BCUT2D eigenvalue weighted by atomic mass is 10.1. The number of fused-ring (bicyclic) bond motifs is 1. The first-order valence-corrected chi connectivity index (χ1v) is 4.33. The van der Waals surface area contributed by atoms with E-state index in [4.69, 9.17) is 10.3 Å². The van der Waals surface area contributed by atoms with Crippen molar-refractivity contribution in [2.24, 2.45) is 5.11 Å². The number of benzene rings is 1. The number of para-hydroxylation sites is 1. The van der Waals surface area contributed by atoms with Gasteiger partial charge in [-0.25, -0.2) is 0 Å². The molecule has 0 radical (unpaired) electrons. The van der Waals surface area contributed by atoms with E-state index in [9.17, 15) is 4.79 Å². The van der Waals surface area contributed by atoms with E-state index in [1.54, 1.807) is 6.08 Å². The van der Waals surface area contributed by atoms with E-state index in [0.29, 0.717) is 5.57 Å². The molecule has 0 spiro atoms. The van der Waals surface area contributed by atoms with Crippen LogP contribution in [0.2, 0.25) is 0 Å². The minimum absolute atomic E-state index is 0.148. The molecule has 5 heteroatoms. The van der Waals surface area contributed by atoms with Gasteiger partial charge in [0.15, 0.2) is 0 Å². The van der Waals surface area contributed by atoms with Crippen molar-refractivity contribution in [2.75, 3.05) is 6.61 Å². The molecule has 1 aliphatic rings. The van der Waals surface area contributed by atoms with Gasteiger partial charge in [-0.3, -0.25) is 4.79 Å². The van der Waals surface area contributed by atoms with Crippen LogP contribution in [0.1, 0.15) is 5.56 Å². The first-order chi connectivity index (χ1) is 7.31. The van der Waals surface area contributed by atoms with Crippen molar-refractivity contribution >= 4 is 12.0 Å². The lowest BCUT2D eigenvalue weighted by Crippen LogP contribution is -2.12. The largest absolute Gasteiger partial charge is 0.488 e. The second kappa shape index (κ2) is 3.86. The molecule has 1 aliphatic heterocycles. The Morgan fingerprint density at radius 2 is 2.27 bits per heavy atom. The quantitative estimate of drug-likeness (QED) is 0.397. The highest BCUT2D eigenvalue weighted by Crippen LogP contribution is 2.25. The Morgan fingerprint density at radius 1 is 1.47 bits per heavy atom. The van der Waals surface area contributed by atoms with Crippen molar-refractivity contribution in [3.8, 4) is 5.75 Å². The molecule has 0 aromatic heterocycles. The second-order valence-electron chi connectivity index (χ2n) is 2.99. The zero-order valence-corrected chi connectivity index (χ0v) is 7.75. The van der Waals surface area contributed by atoms with Gasteiger partial charge >= 0.3 is 0 Å². The van der Waals surface area contributed by atoms with Gasteiger partial charge in [0.05, 0.1) is 0 Å². The highest BCUT2D eigenvalue weighted by molar-refractivity contribution is 5.99. The molecule has 0 saturated heterocycles. The third-order valence-electron chi connectivity index (χ3n) is 2.04. The Balaban J connectivity index is 2.37. The Labute approximate surface area is 85.6 Å². The van der Waals surface area contributed by atoms with Gasteiger partial charge in [-0.1, -0.05) is 18.2 Å². The predicted octanol–water partition coefficient (Wildman–Crippen LogP) is 2.30. The Bertz CT molecular complexity index is 487. The molecular formula is C10H7N3O2. The van der Waals surface area contributed by atoms with E-state index >= 15 is 0 Å². The number of nitrogens with zero attached hydrogens (tertiary/aromatic N) is 3. The summed E-state index contributed by atoms with van der Waals surface area (Å²) in [5.41, 5.74) is 9.32. The fraction of sp³-hybridized carbons (Fsp3) is 0.100. The molecule has 15 heavy (non-hydrogen) atoms. The molecule has 0 unspecified atom stereocenters. The topological polar surface area (TPSA) is 75.1 Å². The first kappa shape index (κ1) is 9.30. The molecule has 1 amide bonds. The van der Waals surface area contributed by atoms with Gasteiger partial charge in [-0.2, -0.15) is 0 Å². The van der Waals surface area contributed by atoms with Gasteiger partial charge in [-0.15, -0.1) is 0 Å². The number of amides is 1. The smallest absolute Gasteiger partial charge is 0.248 e. The molecule has 0 aliphatic carbocycles. The molecule has 0 bridgehead atoms. The first-order valence-electron chi connectivity index (χ1n) is 4.33. The number of rotatable bonds is 1. The average Bonchev–Trinajstić information content (AvgIpc) is 2.29. The maximum absolute atomic E-state index is 11.2. The van der Waals surface area contributed by atoms with Crippen LogP contribution < -0.4 is 4.74 Å². The molecule has 1 aromatic carbocycles. The molecule has 0 saturated carbocycles. The summed E-state index contributed by atoms with van der Waals surface area (Å²) in [4.78, 5) is 13.7. The van der Waals surface area contributed by atoms with Crippen LogP contribution in [-0.4, -0.2) is 12.5 Å². The fourth-order valence-electron chi connectivity index (χ4n) is 1.34. The average molecular weight is 201 g/mol. The summed E-state index contributed by atoms with van der Waals surface area (Å²) in [6.45, 7) is 0.148. The zero-order chi connectivity index (χ0) is 10.7. The summed E-state index contributed by atoms with van der Waals surface area (Å²) in [7, 11) is 0. The lowest BCUT2D eigenvalue weighted by molar-refractivity contribution is -0.114. The van der Waals surface area contributed by atoms with Crippen LogP contribution in [0, 0.1) is 0 Å². The van der Waals surface area contributed by atoms with Gasteiger partial charge in [0.2, 0.25) is 5.91 Å². The molecule has 2 rings (SSSR count). The van der Waals surface area contributed by atoms with Gasteiger partial charge in [0.25, 0.3) is 0 Å². The zero-order valence-electron chi connectivity index (χ0n) is 7.75. The monoisotopic (exact) mass is 201 g/mol. The molecule has 0 atom stereocenters. The van der Waals surface area contributed by atoms with Gasteiger partial charge in [0, 0.05) is 16.0 Å². The SMILES string of the molecule is [N-]=[N+]=NC(=O)C1=Cc2ccccc2OC1. The maximum atomic E-state index is 11.2. The molecule has 74 valence electrons. The van der Waals surface area contributed by atoms with E-state index in [-0.39, 0.29) is 6.61 Å². The third-order valence-corrected chi connectivity index (χ3v) is 2.04. The number of hydrogen-bond acceptors (Lipinski definition) is 2. The number of carbonyl (C=O) groups is 1. The standard InChI is InChI=1S/C10H7N3O2/c11-13-12-10(14)8-5-7-3-1-2-4-9(7)15-6-8/h1-5H,6H2. The van der Waals surface area contributed by atoms with E-state index in [1.165, 1.54) is 0 Å². The van der Waals surface area contributed by atoms with E-state index in [0.717, 1.165) is 11.3 Å². The van der Waals surface area contributed by atoms with Crippen molar-refractivity contribution in [1.82, 2.24) is 0 Å².